The molecule has 0 radical (unpaired) electrons. The molecule has 1 unspecified atom stereocenters. The molecule has 25 heavy (non-hydrogen) atoms. The van der Waals surface area contributed by atoms with Crippen LogP contribution in [0.3, 0.4) is 0 Å². The molecule has 2 heterocycles. The molecular formula is C20H29N3O2. The lowest BCUT2D eigenvalue weighted by Gasteiger charge is -2.31. The Morgan fingerprint density at radius 2 is 2.04 bits per heavy atom. The first kappa shape index (κ1) is 18.0. The normalized spacial score (nSPS) is 17.7. The second-order valence-corrected chi connectivity index (χ2v) is 7.40. The fraction of sp³-hybridized carbons (Fsp3) is 0.550. The molecular weight excluding hydrogens is 314 g/mol. The van der Waals surface area contributed by atoms with E-state index in [1.807, 2.05) is 29.0 Å². The van der Waals surface area contributed by atoms with E-state index in [4.69, 9.17) is 0 Å². The van der Waals surface area contributed by atoms with Gasteiger partial charge in [-0.15, -0.1) is 0 Å². The van der Waals surface area contributed by atoms with Gasteiger partial charge in [-0.25, -0.2) is 0 Å². The Kier molecular flexibility index (Phi) is 5.76. The van der Waals surface area contributed by atoms with E-state index in [-0.39, 0.29) is 12.5 Å². The van der Waals surface area contributed by atoms with Gasteiger partial charge in [-0.2, -0.15) is 0 Å². The van der Waals surface area contributed by atoms with Gasteiger partial charge < -0.3 is 19.9 Å². The molecule has 1 aromatic carbocycles. The maximum absolute atomic E-state index is 12.2. The van der Waals surface area contributed by atoms with Gasteiger partial charge in [-0.1, -0.05) is 25.1 Å². The van der Waals surface area contributed by atoms with Gasteiger partial charge in [-0.3, -0.25) is 4.79 Å². The highest BCUT2D eigenvalue weighted by Gasteiger charge is 2.18. The number of nitrogens with zero attached hydrogens (tertiary/aromatic N) is 2. The van der Waals surface area contributed by atoms with Crippen molar-refractivity contribution >= 4 is 16.8 Å². The number of fused-ring (bicyclic) bond motifs is 1. The Bertz CT molecular complexity index is 717. The highest BCUT2D eigenvalue weighted by Crippen LogP contribution is 2.20. The molecule has 1 fully saturated rings. The number of hydrogen-bond acceptors (Lipinski definition) is 3. The summed E-state index contributed by atoms with van der Waals surface area (Å²) in [6, 6.07) is 8.10. The van der Waals surface area contributed by atoms with Crippen LogP contribution in [0.1, 0.15) is 25.3 Å². The summed E-state index contributed by atoms with van der Waals surface area (Å²) in [6.45, 7) is 7.65. The smallest absolute Gasteiger partial charge is 0.240 e. The van der Waals surface area contributed by atoms with Crippen LogP contribution in [0.25, 0.3) is 10.9 Å². The van der Waals surface area contributed by atoms with E-state index in [0.29, 0.717) is 13.1 Å². The quantitative estimate of drug-likeness (QED) is 0.845. The average molecular weight is 343 g/mol. The largest absolute Gasteiger partial charge is 0.390 e. The standard InChI is InChI=1S/C20H29N3O2/c1-15-7-9-22(10-8-15)13-17(24)11-21-20(25)14-23-12-16(2)18-5-3-4-6-19(18)23/h3-6,12,15,17,24H,7-11,13-14H2,1-2H3,(H,21,25). The fourth-order valence-corrected chi connectivity index (χ4v) is 3.61. The Morgan fingerprint density at radius 3 is 2.80 bits per heavy atom. The van der Waals surface area contributed by atoms with E-state index in [2.05, 4.69) is 30.1 Å². The van der Waals surface area contributed by atoms with Gasteiger partial charge in [0.05, 0.1) is 6.10 Å². The third-order valence-corrected chi connectivity index (χ3v) is 5.18. The first-order chi connectivity index (χ1) is 12.0. The molecule has 5 heteroatoms. The average Bonchev–Trinajstić information content (AvgIpc) is 2.91. The van der Waals surface area contributed by atoms with E-state index in [1.54, 1.807) is 0 Å². The number of likely N-dealkylation sites (tertiary alicyclic amines) is 1. The Balaban J connectivity index is 1.47. The Morgan fingerprint density at radius 1 is 1.32 bits per heavy atom. The van der Waals surface area contributed by atoms with Gasteiger partial charge in [0, 0.05) is 30.2 Å². The summed E-state index contributed by atoms with van der Waals surface area (Å²) in [7, 11) is 0. The monoisotopic (exact) mass is 343 g/mol. The van der Waals surface area contributed by atoms with Gasteiger partial charge in [0.2, 0.25) is 5.91 Å². The van der Waals surface area contributed by atoms with Crippen molar-refractivity contribution in [2.45, 2.75) is 39.3 Å². The number of aromatic nitrogens is 1. The fourth-order valence-electron chi connectivity index (χ4n) is 3.61. The number of aliphatic hydroxyl groups excluding tert-OH is 1. The van der Waals surface area contributed by atoms with E-state index in [1.165, 1.54) is 23.8 Å². The molecule has 1 amide bonds. The molecule has 0 saturated carbocycles. The van der Waals surface area contributed by atoms with Gasteiger partial charge >= 0.3 is 0 Å². The molecule has 1 aromatic heterocycles. The van der Waals surface area contributed by atoms with E-state index >= 15 is 0 Å². The summed E-state index contributed by atoms with van der Waals surface area (Å²) in [4.78, 5) is 14.5. The number of piperidine rings is 1. The van der Waals surface area contributed by atoms with Crippen molar-refractivity contribution in [3.8, 4) is 0 Å². The zero-order chi connectivity index (χ0) is 17.8. The maximum Gasteiger partial charge on any atom is 0.240 e. The Hall–Kier alpha value is -1.85. The minimum atomic E-state index is -0.513. The van der Waals surface area contributed by atoms with Gasteiger partial charge in [-0.05, 0) is 50.4 Å². The molecule has 1 atom stereocenters. The number of para-hydroxylation sites is 1. The predicted octanol–water partition coefficient (Wildman–Crippen LogP) is 2.16. The summed E-state index contributed by atoms with van der Waals surface area (Å²) in [5, 5.41) is 14.2. The number of hydrogen-bond donors (Lipinski definition) is 2. The third-order valence-electron chi connectivity index (χ3n) is 5.18. The SMILES string of the molecule is Cc1cn(CC(=O)NCC(O)CN2CCC(C)CC2)c2ccccc12. The molecule has 1 aliphatic heterocycles. The van der Waals surface area contributed by atoms with Crippen molar-refractivity contribution in [2.75, 3.05) is 26.2 Å². The molecule has 2 N–H and O–H groups in total. The van der Waals surface area contributed by atoms with Crippen LogP contribution < -0.4 is 5.32 Å². The third kappa shape index (κ3) is 4.61. The van der Waals surface area contributed by atoms with Crippen LogP contribution in [0, 0.1) is 12.8 Å². The number of amides is 1. The molecule has 0 spiro atoms. The number of carbonyl (C=O) groups excluding carboxylic acids is 1. The zero-order valence-electron chi connectivity index (χ0n) is 15.2. The highest BCUT2D eigenvalue weighted by atomic mass is 16.3. The van der Waals surface area contributed by atoms with Crippen molar-refractivity contribution in [3.63, 3.8) is 0 Å². The minimum Gasteiger partial charge on any atom is -0.390 e. The van der Waals surface area contributed by atoms with Gasteiger partial charge in [0.1, 0.15) is 6.54 Å². The van der Waals surface area contributed by atoms with Crippen molar-refractivity contribution in [3.05, 3.63) is 36.0 Å². The number of aryl methyl sites for hydroxylation is 1. The van der Waals surface area contributed by atoms with E-state index < -0.39 is 6.10 Å². The van der Waals surface area contributed by atoms with Crippen molar-refractivity contribution in [1.82, 2.24) is 14.8 Å². The van der Waals surface area contributed by atoms with Crippen LogP contribution >= 0.6 is 0 Å². The van der Waals surface area contributed by atoms with Gasteiger partial charge in [0.15, 0.2) is 0 Å². The first-order valence-electron chi connectivity index (χ1n) is 9.24. The van der Waals surface area contributed by atoms with Crippen LogP contribution in [-0.2, 0) is 11.3 Å². The lowest BCUT2D eigenvalue weighted by Crippen LogP contribution is -2.43. The summed E-state index contributed by atoms with van der Waals surface area (Å²) in [5.74, 6) is 0.722. The Labute approximate surface area is 149 Å². The molecule has 5 nitrogen and oxygen atoms in total. The van der Waals surface area contributed by atoms with Crippen molar-refractivity contribution < 1.29 is 9.90 Å². The summed E-state index contributed by atoms with van der Waals surface area (Å²) in [5.41, 5.74) is 2.24. The topological polar surface area (TPSA) is 57.5 Å². The molecule has 1 aliphatic rings. The lowest BCUT2D eigenvalue weighted by atomic mass is 9.99. The highest BCUT2D eigenvalue weighted by molar-refractivity contribution is 5.85. The number of aliphatic hydroxyl groups is 1. The van der Waals surface area contributed by atoms with Crippen LogP contribution in [-0.4, -0.2) is 52.8 Å². The summed E-state index contributed by atoms with van der Waals surface area (Å²) in [6.07, 6.45) is 3.88. The van der Waals surface area contributed by atoms with Crippen LogP contribution in [0.5, 0.6) is 0 Å². The maximum atomic E-state index is 12.2. The van der Waals surface area contributed by atoms with Crippen LogP contribution in [0.2, 0.25) is 0 Å². The number of benzene rings is 1. The van der Waals surface area contributed by atoms with Crippen molar-refractivity contribution in [1.29, 1.82) is 0 Å². The van der Waals surface area contributed by atoms with Gasteiger partial charge in [0.25, 0.3) is 0 Å². The van der Waals surface area contributed by atoms with Crippen molar-refractivity contribution in [2.24, 2.45) is 5.92 Å². The lowest BCUT2D eigenvalue weighted by molar-refractivity contribution is -0.122. The molecule has 0 bridgehead atoms. The number of rotatable bonds is 6. The van der Waals surface area contributed by atoms with E-state index in [9.17, 15) is 9.90 Å². The minimum absolute atomic E-state index is 0.0629. The first-order valence-corrected chi connectivity index (χ1v) is 9.24. The number of carbonyl (C=O) groups is 1. The zero-order valence-corrected chi connectivity index (χ0v) is 15.2. The summed E-state index contributed by atoms with van der Waals surface area (Å²) >= 11 is 0. The molecule has 0 aliphatic carbocycles. The molecule has 136 valence electrons. The second-order valence-electron chi connectivity index (χ2n) is 7.40. The molecule has 1 saturated heterocycles. The number of β-amino-alcohol motifs (C(OH)–C–C–N with tert-alkyl or cyclic N) is 1. The van der Waals surface area contributed by atoms with E-state index in [0.717, 1.165) is 24.5 Å². The predicted molar refractivity (Wildman–Crippen MR) is 101 cm³/mol. The van der Waals surface area contributed by atoms with Crippen LogP contribution in [0.4, 0.5) is 0 Å². The van der Waals surface area contributed by atoms with Crippen LogP contribution in [0.15, 0.2) is 30.5 Å². The second kappa shape index (κ2) is 8.02. The number of nitrogens with one attached hydrogen (secondary N) is 1. The molecule has 3 rings (SSSR count). The summed E-state index contributed by atoms with van der Waals surface area (Å²) < 4.78 is 1.97. The molecule has 2 aromatic rings.